The van der Waals surface area contributed by atoms with E-state index in [0.717, 1.165) is 26.1 Å². The van der Waals surface area contributed by atoms with Gasteiger partial charge in [0.25, 0.3) is 0 Å². The van der Waals surface area contributed by atoms with Crippen LogP contribution in [-0.4, -0.2) is 53.7 Å². The largest absolute Gasteiger partial charge is 0.297 e. The van der Waals surface area contributed by atoms with Gasteiger partial charge in [0.1, 0.15) is 6.17 Å². The zero-order chi connectivity index (χ0) is 11.8. The number of nitrogens with zero attached hydrogens (tertiary/aromatic N) is 2. The van der Waals surface area contributed by atoms with E-state index in [1.54, 1.807) is 0 Å². The van der Waals surface area contributed by atoms with Crippen molar-refractivity contribution in [2.75, 3.05) is 26.2 Å². The van der Waals surface area contributed by atoms with Crippen LogP contribution in [0.3, 0.4) is 0 Å². The van der Waals surface area contributed by atoms with Crippen LogP contribution in [0.4, 0.5) is 4.39 Å². The third-order valence-electron chi connectivity index (χ3n) is 4.07. The van der Waals surface area contributed by atoms with Gasteiger partial charge in [-0.05, 0) is 53.1 Å². The minimum Gasteiger partial charge on any atom is -0.297 e. The molecule has 0 aromatic carbocycles. The maximum Gasteiger partial charge on any atom is 0.128 e. The first-order chi connectivity index (χ1) is 7.48. The van der Waals surface area contributed by atoms with E-state index in [1.807, 2.05) is 0 Å². The van der Waals surface area contributed by atoms with Crippen molar-refractivity contribution in [3.63, 3.8) is 0 Å². The van der Waals surface area contributed by atoms with Crippen LogP contribution in [0.25, 0.3) is 0 Å². The average Bonchev–Trinajstić information content (AvgIpc) is 2.69. The van der Waals surface area contributed by atoms with Crippen molar-refractivity contribution < 1.29 is 4.39 Å². The summed E-state index contributed by atoms with van der Waals surface area (Å²) >= 11 is 0. The predicted molar refractivity (Wildman–Crippen MR) is 65.4 cm³/mol. The molecule has 0 aliphatic carbocycles. The molecule has 2 rings (SSSR count). The Kier molecular flexibility index (Phi) is 3.55. The Balaban J connectivity index is 1.92. The lowest BCUT2D eigenvalue weighted by molar-refractivity contribution is 0.00596. The fraction of sp³-hybridized carbons (Fsp3) is 1.00. The summed E-state index contributed by atoms with van der Waals surface area (Å²) in [7, 11) is 0. The monoisotopic (exact) mass is 228 g/mol. The second kappa shape index (κ2) is 4.61. The van der Waals surface area contributed by atoms with Crippen molar-refractivity contribution in [3.05, 3.63) is 0 Å². The zero-order valence-corrected chi connectivity index (χ0v) is 10.9. The van der Waals surface area contributed by atoms with Gasteiger partial charge >= 0.3 is 0 Å². The van der Waals surface area contributed by atoms with Crippen molar-refractivity contribution in [1.82, 2.24) is 9.80 Å². The van der Waals surface area contributed by atoms with Crippen LogP contribution in [0.5, 0.6) is 0 Å². The zero-order valence-electron chi connectivity index (χ0n) is 10.9. The molecule has 2 fully saturated rings. The Morgan fingerprint density at radius 2 is 1.69 bits per heavy atom. The van der Waals surface area contributed by atoms with Gasteiger partial charge in [0.05, 0.1) is 0 Å². The molecule has 3 heteroatoms. The highest BCUT2D eigenvalue weighted by molar-refractivity contribution is 4.92. The summed E-state index contributed by atoms with van der Waals surface area (Å²) < 4.78 is 14.2. The van der Waals surface area contributed by atoms with Gasteiger partial charge in [0.15, 0.2) is 0 Å². The molecule has 2 nitrogen and oxygen atoms in total. The molecule has 16 heavy (non-hydrogen) atoms. The number of halogens is 1. The Hall–Kier alpha value is -0.150. The Bertz CT molecular complexity index is 231. The smallest absolute Gasteiger partial charge is 0.128 e. The summed E-state index contributed by atoms with van der Waals surface area (Å²) in [5.74, 6) is 0. The summed E-state index contributed by atoms with van der Waals surface area (Å²) in [5.41, 5.74) is 0.111. The molecule has 0 amide bonds. The van der Waals surface area contributed by atoms with Crippen LogP contribution in [0.1, 0.15) is 40.0 Å². The second-order valence-corrected chi connectivity index (χ2v) is 6.23. The number of alkyl halides is 1. The van der Waals surface area contributed by atoms with Gasteiger partial charge in [-0.15, -0.1) is 0 Å². The maximum absolute atomic E-state index is 14.2. The van der Waals surface area contributed by atoms with Crippen molar-refractivity contribution >= 4 is 0 Å². The fourth-order valence-electron chi connectivity index (χ4n) is 2.99. The lowest BCUT2D eigenvalue weighted by Crippen LogP contribution is -2.56. The number of rotatable bonds is 1. The van der Waals surface area contributed by atoms with Crippen LogP contribution in [0.2, 0.25) is 0 Å². The van der Waals surface area contributed by atoms with Gasteiger partial charge in [-0.1, -0.05) is 0 Å². The minimum absolute atomic E-state index is 0.111. The first kappa shape index (κ1) is 12.3. The molecule has 2 aliphatic rings. The molecule has 2 heterocycles. The van der Waals surface area contributed by atoms with Gasteiger partial charge in [0.2, 0.25) is 0 Å². The van der Waals surface area contributed by atoms with E-state index in [0.29, 0.717) is 6.54 Å². The lowest BCUT2D eigenvalue weighted by Gasteiger charge is -2.44. The van der Waals surface area contributed by atoms with Crippen molar-refractivity contribution in [2.45, 2.75) is 57.8 Å². The molecule has 2 unspecified atom stereocenters. The molecule has 0 N–H and O–H groups in total. The minimum atomic E-state index is -0.661. The maximum atomic E-state index is 14.2. The molecule has 0 bridgehead atoms. The molecule has 2 saturated heterocycles. The van der Waals surface area contributed by atoms with E-state index in [-0.39, 0.29) is 11.6 Å². The van der Waals surface area contributed by atoms with Gasteiger partial charge in [0, 0.05) is 24.7 Å². The van der Waals surface area contributed by atoms with Crippen molar-refractivity contribution in [2.24, 2.45) is 0 Å². The number of hydrogen-bond donors (Lipinski definition) is 0. The van der Waals surface area contributed by atoms with E-state index < -0.39 is 6.17 Å². The first-order valence-electron chi connectivity index (χ1n) is 6.61. The quantitative estimate of drug-likeness (QED) is 0.679. The molecule has 0 spiro atoms. The van der Waals surface area contributed by atoms with E-state index in [2.05, 4.69) is 30.6 Å². The van der Waals surface area contributed by atoms with Crippen molar-refractivity contribution in [1.29, 1.82) is 0 Å². The highest BCUT2D eigenvalue weighted by Crippen LogP contribution is 2.27. The summed E-state index contributed by atoms with van der Waals surface area (Å²) in [6.45, 7) is 10.4. The van der Waals surface area contributed by atoms with E-state index in [9.17, 15) is 4.39 Å². The van der Waals surface area contributed by atoms with Crippen LogP contribution >= 0.6 is 0 Å². The predicted octanol–water partition coefficient (Wildman–Crippen LogP) is 2.29. The summed E-state index contributed by atoms with van der Waals surface area (Å²) in [4.78, 5) is 4.65. The lowest BCUT2D eigenvalue weighted by atomic mass is 9.96. The van der Waals surface area contributed by atoms with E-state index in [1.165, 1.54) is 12.8 Å². The second-order valence-electron chi connectivity index (χ2n) is 6.23. The summed E-state index contributed by atoms with van der Waals surface area (Å²) in [6, 6.07) is 0.195. The third kappa shape index (κ3) is 2.57. The van der Waals surface area contributed by atoms with Gasteiger partial charge in [-0.3, -0.25) is 9.80 Å². The molecule has 2 aliphatic heterocycles. The number of hydrogen-bond acceptors (Lipinski definition) is 2. The molecule has 0 aromatic heterocycles. The molecule has 0 aromatic rings. The van der Waals surface area contributed by atoms with Crippen molar-refractivity contribution in [3.8, 4) is 0 Å². The average molecular weight is 228 g/mol. The van der Waals surface area contributed by atoms with Crippen LogP contribution in [0.15, 0.2) is 0 Å². The number of likely N-dealkylation sites (tertiary alicyclic amines) is 2. The molecule has 0 radical (unpaired) electrons. The SMILES string of the molecule is CC(C)(C)N1CCC(N2CCCC2)C(F)C1. The van der Waals surface area contributed by atoms with Gasteiger partial charge in [-0.2, -0.15) is 0 Å². The normalized spacial score (nSPS) is 34.5. The summed E-state index contributed by atoms with van der Waals surface area (Å²) in [5, 5.41) is 0. The molecular weight excluding hydrogens is 203 g/mol. The number of piperidine rings is 1. The van der Waals surface area contributed by atoms with Crippen LogP contribution in [-0.2, 0) is 0 Å². The highest BCUT2D eigenvalue weighted by atomic mass is 19.1. The van der Waals surface area contributed by atoms with Crippen LogP contribution in [0, 0.1) is 0 Å². The van der Waals surface area contributed by atoms with E-state index in [4.69, 9.17) is 0 Å². The first-order valence-corrected chi connectivity index (χ1v) is 6.61. The van der Waals surface area contributed by atoms with E-state index >= 15 is 0 Å². The molecule has 0 saturated carbocycles. The Morgan fingerprint density at radius 1 is 1.06 bits per heavy atom. The molecule has 2 atom stereocenters. The Morgan fingerprint density at radius 3 is 2.19 bits per heavy atom. The van der Waals surface area contributed by atoms with Gasteiger partial charge < -0.3 is 0 Å². The molecular formula is C13H25FN2. The topological polar surface area (TPSA) is 6.48 Å². The van der Waals surface area contributed by atoms with Gasteiger partial charge in [-0.25, -0.2) is 4.39 Å². The molecule has 94 valence electrons. The van der Waals surface area contributed by atoms with Crippen LogP contribution < -0.4 is 0 Å². The third-order valence-corrected chi connectivity index (χ3v) is 4.07. The fourth-order valence-corrected chi connectivity index (χ4v) is 2.99. The Labute approximate surface area is 98.8 Å². The summed E-state index contributed by atoms with van der Waals surface area (Å²) in [6.07, 6.45) is 2.85. The standard InChI is InChI=1S/C13H25FN2/c1-13(2,3)16-9-6-12(11(14)10-16)15-7-4-5-8-15/h11-12H,4-10H2,1-3H3. The highest BCUT2D eigenvalue weighted by Gasteiger charge is 2.37.